The van der Waals surface area contributed by atoms with Crippen LogP contribution in [0.4, 0.5) is 0 Å². The third kappa shape index (κ3) is 2.59. The van der Waals surface area contributed by atoms with Gasteiger partial charge in [0.15, 0.2) is 5.78 Å². The summed E-state index contributed by atoms with van der Waals surface area (Å²) in [6.07, 6.45) is 2.20. The van der Waals surface area contributed by atoms with Crippen LogP contribution in [-0.4, -0.2) is 10.8 Å². The van der Waals surface area contributed by atoms with Gasteiger partial charge < -0.3 is 0 Å². The van der Waals surface area contributed by atoms with Crippen LogP contribution in [0.25, 0.3) is 10.9 Å². The van der Waals surface area contributed by atoms with Crippen molar-refractivity contribution in [1.82, 2.24) is 4.98 Å². The minimum Gasteiger partial charge on any atom is -0.294 e. The van der Waals surface area contributed by atoms with E-state index in [1.54, 1.807) is 6.20 Å². The number of ketones is 1. The molecule has 1 heterocycles. The maximum Gasteiger partial charge on any atom is 0.167 e. The fourth-order valence-corrected chi connectivity index (χ4v) is 2.36. The van der Waals surface area contributed by atoms with Crippen molar-refractivity contribution in [3.63, 3.8) is 0 Å². The van der Waals surface area contributed by atoms with Crippen LogP contribution in [0.2, 0.25) is 0 Å². The van der Waals surface area contributed by atoms with Crippen molar-refractivity contribution >= 4 is 16.7 Å². The van der Waals surface area contributed by atoms with Gasteiger partial charge in [-0.15, -0.1) is 0 Å². The number of carbonyl (C=O) groups is 1. The van der Waals surface area contributed by atoms with E-state index in [-0.39, 0.29) is 5.78 Å². The average molecular weight is 261 g/mol. The standard InChI is InChI=1S/C18H15NO/c1-13-4-2-5-14(10-13)11-18(20)16-7-8-17-15(12-16)6-3-9-19-17/h2-10,12H,11H2,1H3. The Morgan fingerprint density at radius 3 is 2.80 bits per heavy atom. The summed E-state index contributed by atoms with van der Waals surface area (Å²) in [5.74, 6) is 0.140. The Bertz CT molecular complexity index is 777. The molecule has 0 aliphatic carbocycles. The highest BCUT2D eigenvalue weighted by molar-refractivity contribution is 6.00. The normalized spacial score (nSPS) is 10.7. The number of aryl methyl sites for hydroxylation is 1. The van der Waals surface area contributed by atoms with Gasteiger partial charge in [-0.25, -0.2) is 0 Å². The summed E-state index contributed by atoms with van der Waals surface area (Å²) in [5.41, 5.74) is 3.89. The molecule has 0 fully saturated rings. The van der Waals surface area contributed by atoms with Crippen LogP contribution < -0.4 is 0 Å². The third-order valence-electron chi connectivity index (χ3n) is 3.37. The lowest BCUT2D eigenvalue weighted by molar-refractivity contribution is 0.0993. The molecule has 98 valence electrons. The molecule has 0 radical (unpaired) electrons. The maximum absolute atomic E-state index is 12.3. The SMILES string of the molecule is Cc1cccc(CC(=O)c2ccc3ncccc3c2)c1. The highest BCUT2D eigenvalue weighted by atomic mass is 16.1. The summed E-state index contributed by atoms with van der Waals surface area (Å²) in [5, 5.41) is 1.00. The van der Waals surface area contributed by atoms with Gasteiger partial charge in [0.1, 0.15) is 0 Å². The van der Waals surface area contributed by atoms with Gasteiger partial charge in [-0.05, 0) is 36.8 Å². The topological polar surface area (TPSA) is 30.0 Å². The molecule has 0 unspecified atom stereocenters. The van der Waals surface area contributed by atoms with Gasteiger partial charge in [0.25, 0.3) is 0 Å². The molecule has 3 rings (SSSR count). The Hall–Kier alpha value is -2.48. The van der Waals surface area contributed by atoms with Crippen molar-refractivity contribution in [2.75, 3.05) is 0 Å². The molecule has 3 aromatic rings. The van der Waals surface area contributed by atoms with E-state index < -0.39 is 0 Å². The van der Waals surface area contributed by atoms with E-state index >= 15 is 0 Å². The lowest BCUT2D eigenvalue weighted by Gasteiger charge is -2.04. The molecule has 2 nitrogen and oxygen atoms in total. The summed E-state index contributed by atoms with van der Waals surface area (Å²) in [7, 11) is 0. The second kappa shape index (κ2) is 5.25. The first kappa shape index (κ1) is 12.5. The van der Waals surface area contributed by atoms with Crippen molar-refractivity contribution in [2.45, 2.75) is 13.3 Å². The molecule has 0 bridgehead atoms. The predicted molar refractivity (Wildman–Crippen MR) is 81.0 cm³/mol. The Morgan fingerprint density at radius 2 is 1.95 bits per heavy atom. The van der Waals surface area contributed by atoms with E-state index in [0.29, 0.717) is 6.42 Å². The largest absolute Gasteiger partial charge is 0.294 e. The first-order valence-corrected chi connectivity index (χ1v) is 6.66. The van der Waals surface area contributed by atoms with Crippen LogP contribution in [0.15, 0.2) is 60.8 Å². The zero-order valence-corrected chi connectivity index (χ0v) is 11.3. The molecule has 2 aromatic carbocycles. The molecule has 20 heavy (non-hydrogen) atoms. The molecule has 0 saturated carbocycles. The molecule has 0 saturated heterocycles. The van der Waals surface area contributed by atoms with E-state index in [0.717, 1.165) is 22.0 Å². The van der Waals surface area contributed by atoms with E-state index in [1.165, 1.54) is 5.56 Å². The van der Waals surface area contributed by atoms with Crippen molar-refractivity contribution in [2.24, 2.45) is 0 Å². The quantitative estimate of drug-likeness (QED) is 0.668. The molecule has 0 aliphatic rings. The molecular formula is C18H15NO. The summed E-state index contributed by atoms with van der Waals surface area (Å²) in [4.78, 5) is 16.6. The maximum atomic E-state index is 12.3. The molecule has 0 atom stereocenters. The number of hydrogen-bond donors (Lipinski definition) is 0. The molecule has 0 spiro atoms. The van der Waals surface area contributed by atoms with Crippen molar-refractivity contribution in [3.05, 3.63) is 77.5 Å². The second-order valence-corrected chi connectivity index (χ2v) is 5.00. The van der Waals surface area contributed by atoms with Gasteiger partial charge >= 0.3 is 0 Å². The lowest BCUT2D eigenvalue weighted by Crippen LogP contribution is -2.03. The van der Waals surface area contributed by atoms with Crippen LogP contribution in [0.5, 0.6) is 0 Å². The van der Waals surface area contributed by atoms with Crippen LogP contribution in [0.3, 0.4) is 0 Å². The molecule has 1 aromatic heterocycles. The minimum absolute atomic E-state index is 0.140. The van der Waals surface area contributed by atoms with E-state index in [9.17, 15) is 4.79 Å². The van der Waals surface area contributed by atoms with Gasteiger partial charge in [0.05, 0.1) is 5.52 Å². The number of hydrogen-bond acceptors (Lipinski definition) is 2. The van der Waals surface area contributed by atoms with Crippen LogP contribution in [0, 0.1) is 6.92 Å². The monoisotopic (exact) mass is 261 g/mol. The lowest BCUT2D eigenvalue weighted by atomic mass is 10.0. The molecular weight excluding hydrogens is 246 g/mol. The number of benzene rings is 2. The van der Waals surface area contributed by atoms with E-state index in [1.807, 2.05) is 55.5 Å². The summed E-state index contributed by atoms with van der Waals surface area (Å²) in [6.45, 7) is 2.04. The number of fused-ring (bicyclic) bond motifs is 1. The van der Waals surface area contributed by atoms with Crippen molar-refractivity contribution in [3.8, 4) is 0 Å². The first-order valence-electron chi connectivity index (χ1n) is 6.66. The molecule has 0 amide bonds. The average Bonchev–Trinajstić information content (AvgIpc) is 2.47. The second-order valence-electron chi connectivity index (χ2n) is 5.00. The Balaban J connectivity index is 1.88. The summed E-state index contributed by atoms with van der Waals surface area (Å²) >= 11 is 0. The Labute approximate surface area is 118 Å². The zero-order chi connectivity index (χ0) is 13.9. The minimum atomic E-state index is 0.140. The number of pyridine rings is 1. The van der Waals surface area contributed by atoms with Gasteiger partial charge in [0, 0.05) is 23.6 Å². The number of carbonyl (C=O) groups excluding carboxylic acids is 1. The number of Topliss-reactive ketones (excluding diaryl/α,β-unsaturated/α-hetero) is 1. The molecule has 0 aliphatic heterocycles. The Kier molecular flexibility index (Phi) is 3.30. The molecule has 0 N–H and O–H groups in total. The highest BCUT2D eigenvalue weighted by Gasteiger charge is 2.08. The fraction of sp³-hybridized carbons (Fsp3) is 0.111. The van der Waals surface area contributed by atoms with Gasteiger partial charge in [-0.3, -0.25) is 9.78 Å². The number of nitrogens with zero attached hydrogens (tertiary/aromatic N) is 1. The summed E-state index contributed by atoms with van der Waals surface area (Å²) < 4.78 is 0. The van der Waals surface area contributed by atoms with Crippen LogP contribution >= 0.6 is 0 Å². The van der Waals surface area contributed by atoms with E-state index in [4.69, 9.17) is 0 Å². The highest BCUT2D eigenvalue weighted by Crippen LogP contribution is 2.15. The predicted octanol–water partition coefficient (Wildman–Crippen LogP) is 3.97. The smallest absolute Gasteiger partial charge is 0.167 e. The number of aromatic nitrogens is 1. The van der Waals surface area contributed by atoms with E-state index in [2.05, 4.69) is 11.1 Å². The molecule has 2 heteroatoms. The first-order chi connectivity index (χ1) is 9.72. The van der Waals surface area contributed by atoms with Crippen LogP contribution in [0.1, 0.15) is 21.5 Å². The van der Waals surface area contributed by atoms with Gasteiger partial charge in [-0.2, -0.15) is 0 Å². The summed E-state index contributed by atoms with van der Waals surface area (Å²) in [6, 6.07) is 17.6. The number of rotatable bonds is 3. The van der Waals surface area contributed by atoms with Crippen molar-refractivity contribution < 1.29 is 4.79 Å². The van der Waals surface area contributed by atoms with Crippen molar-refractivity contribution in [1.29, 1.82) is 0 Å². The fourth-order valence-electron chi connectivity index (χ4n) is 2.36. The Morgan fingerprint density at radius 1 is 1.05 bits per heavy atom. The van der Waals surface area contributed by atoms with Gasteiger partial charge in [-0.1, -0.05) is 35.9 Å². The third-order valence-corrected chi connectivity index (χ3v) is 3.37. The van der Waals surface area contributed by atoms with Gasteiger partial charge in [0.2, 0.25) is 0 Å². The van der Waals surface area contributed by atoms with Crippen LogP contribution in [-0.2, 0) is 6.42 Å². The zero-order valence-electron chi connectivity index (χ0n) is 11.3.